The van der Waals surface area contributed by atoms with E-state index in [2.05, 4.69) is 22.3 Å². The van der Waals surface area contributed by atoms with Gasteiger partial charge in [-0.2, -0.15) is 0 Å². The second-order valence-electron chi connectivity index (χ2n) is 5.73. The van der Waals surface area contributed by atoms with Crippen LogP contribution in [0.25, 0.3) is 0 Å². The van der Waals surface area contributed by atoms with E-state index in [4.69, 9.17) is 9.47 Å². The first-order chi connectivity index (χ1) is 9.86. The maximum atomic E-state index is 6.06. The zero-order valence-electron chi connectivity index (χ0n) is 12.2. The van der Waals surface area contributed by atoms with Gasteiger partial charge < -0.3 is 14.8 Å². The average Bonchev–Trinajstić information content (AvgIpc) is 3.31. The molecule has 1 saturated heterocycles. The third kappa shape index (κ3) is 3.44. The quantitative estimate of drug-likeness (QED) is 0.860. The Morgan fingerprint density at radius 3 is 2.75 bits per heavy atom. The van der Waals surface area contributed by atoms with Gasteiger partial charge in [0, 0.05) is 38.3 Å². The Hall–Kier alpha value is -1.26. The highest BCUT2D eigenvalue weighted by atomic mass is 16.5. The first-order valence-corrected chi connectivity index (χ1v) is 7.58. The van der Waals surface area contributed by atoms with Gasteiger partial charge in [0.25, 0.3) is 0 Å². The number of methoxy groups -OCH3 is 1. The molecule has 0 spiro atoms. The van der Waals surface area contributed by atoms with Gasteiger partial charge in [-0.1, -0.05) is 12.1 Å². The SMILES string of the molecule is COc1cccc(CN2CCNCC2)c1OCC1CC1. The summed E-state index contributed by atoms with van der Waals surface area (Å²) in [5.41, 5.74) is 1.24. The molecule has 1 aliphatic carbocycles. The molecule has 0 unspecified atom stereocenters. The van der Waals surface area contributed by atoms with Crippen LogP contribution in [0.2, 0.25) is 0 Å². The summed E-state index contributed by atoms with van der Waals surface area (Å²) in [5.74, 6) is 2.56. The topological polar surface area (TPSA) is 33.7 Å². The highest BCUT2D eigenvalue weighted by Gasteiger charge is 2.23. The van der Waals surface area contributed by atoms with Crippen LogP contribution in [0, 0.1) is 5.92 Å². The number of nitrogens with one attached hydrogen (secondary N) is 1. The van der Waals surface area contributed by atoms with E-state index >= 15 is 0 Å². The largest absolute Gasteiger partial charge is 0.493 e. The zero-order chi connectivity index (χ0) is 13.8. The highest BCUT2D eigenvalue weighted by molar-refractivity contribution is 5.46. The van der Waals surface area contributed by atoms with Crippen molar-refractivity contribution in [1.82, 2.24) is 10.2 Å². The van der Waals surface area contributed by atoms with Crippen molar-refractivity contribution < 1.29 is 9.47 Å². The molecule has 2 fully saturated rings. The number of hydrogen-bond donors (Lipinski definition) is 1. The van der Waals surface area contributed by atoms with Crippen LogP contribution in [0.3, 0.4) is 0 Å². The molecule has 0 bridgehead atoms. The van der Waals surface area contributed by atoms with Gasteiger partial charge >= 0.3 is 0 Å². The average molecular weight is 276 g/mol. The molecular weight excluding hydrogens is 252 g/mol. The molecule has 0 atom stereocenters. The van der Waals surface area contributed by atoms with Gasteiger partial charge in [0.15, 0.2) is 11.5 Å². The molecule has 1 heterocycles. The van der Waals surface area contributed by atoms with Crippen molar-refractivity contribution in [1.29, 1.82) is 0 Å². The maximum absolute atomic E-state index is 6.06. The minimum absolute atomic E-state index is 0.756. The van der Waals surface area contributed by atoms with E-state index in [1.54, 1.807) is 7.11 Å². The Balaban J connectivity index is 1.72. The molecule has 0 aromatic heterocycles. The lowest BCUT2D eigenvalue weighted by Gasteiger charge is -2.28. The van der Waals surface area contributed by atoms with E-state index in [0.717, 1.165) is 56.7 Å². The number of para-hydroxylation sites is 1. The van der Waals surface area contributed by atoms with Gasteiger partial charge in [-0.05, 0) is 24.8 Å². The summed E-state index contributed by atoms with van der Waals surface area (Å²) in [6.45, 7) is 6.11. The van der Waals surface area contributed by atoms with E-state index in [1.165, 1.54) is 18.4 Å². The van der Waals surface area contributed by atoms with Crippen molar-refractivity contribution in [3.63, 3.8) is 0 Å². The lowest BCUT2D eigenvalue weighted by Crippen LogP contribution is -2.42. The van der Waals surface area contributed by atoms with Crippen molar-refractivity contribution in [2.75, 3.05) is 39.9 Å². The molecule has 20 heavy (non-hydrogen) atoms. The molecule has 4 nitrogen and oxygen atoms in total. The third-order valence-corrected chi connectivity index (χ3v) is 4.04. The first-order valence-electron chi connectivity index (χ1n) is 7.58. The van der Waals surface area contributed by atoms with Crippen LogP contribution < -0.4 is 14.8 Å². The first kappa shape index (κ1) is 13.7. The Kier molecular flexibility index (Phi) is 4.43. The second kappa shape index (κ2) is 6.46. The van der Waals surface area contributed by atoms with Gasteiger partial charge in [-0.3, -0.25) is 4.90 Å². The van der Waals surface area contributed by atoms with Gasteiger partial charge in [-0.15, -0.1) is 0 Å². The number of piperazine rings is 1. The van der Waals surface area contributed by atoms with E-state index in [0.29, 0.717) is 0 Å². The van der Waals surface area contributed by atoms with E-state index < -0.39 is 0 Å². The molecule has 4 heteroatoms. The molecule has 2 aliphatic rings. The maximum Gasteiger partial charge on any atom is 0.165 e. The third-order valence-electron chi connectivity index (χ3n) is 4.04. The number of nitrogens with zero attached hydrogens (tertiary/aromatic N) is 1. The number of hydrogen-bond acceptors (Lipinski definition) is 4. The van der Waals surface area contributed by atoms with Crippen LogP contribution in [-0.2, 0) is 6.54 Å². The predicted octanol–water partition coefficient (Wildman–Crippen LogP) is 1.89. The van der Waals surface area contributed by atoms with Crippen molar-refractivity contribution in [3.8, 4) is 11.5 Å². The van der Waals surface area contributed by atoms with Crippen molar-refractivity contribution in [2.45, 2.75) is 19.4 Å². The normalized spacial score (nSPS) is 19.9. The summed E-state index contributed by atoms with van der Waals surface area (Å²) in [6, 6.07) is 6.20. The summed E-state index contributed by atoms with van der Waals surface area (Å²) >= 11 is 0. The summed E-state index contributed by atoms with van der Waals surface area (Å²) < 4.78 is 11.5. The van der Waals surface area contributed by atoms with Gasteiger partial charge in [0.05, 0.1) is 13.7 Å². The van der Waals surface area contributed by atoms with Crippen molar-refractivity contribution >= 4 is 0 Å². The van der Waals surface area contributed by atoms with Crippen LogP contribution in [0.15, 0.2) is 18.2 Å². The lowest BCUT2D eigenvalue weighted by molar-refractivity contribution is 0.223. The van der Waals surface area contributed by atoms with Crippen LogP contribution in [0.5, 0.6) is 11.5 Å². The molecule has 0 radical (unpaired) electrons. The predicted molar refractivity (Wildman–Crippen MR) is 79.4 cm³/mol. The van der Waals surface area contributed by atoms with Crippen LogP contribution in [0.4, 0.5) is 0 Å². The molecule has 3 rings (SSSR count). The Bertz CT molecular complexity index is 440. The van der Waals surface area contributed by atoms with Gasteiger partial charge in [0.1, 0.15) is 0 Å². The molecular formula is C16H24N2O2. The van der Waals surface area contributed by atoms with Crippen LogP contribution >= 0.6 is 0 Å². The Morgan fingerprint density at radius 1 is 1.25 bits per heavy atom. The summed E-state index contributed by atoms with van der Waals surface area (Å²) in [5, 5.41) is 3.39. The van der Waals surface area contributed by atoms with Crippen molar-refractivity contribution in [2.24, 2.45) is 5.92 Å². The monoisotopic (exact) mass is 276 g/mol. The van der Waals surface area contributed by atoms with Gasteiger partial charge in [-0.25, -0.2) is 0 Å². The lowest BCUT2D eigenvalue weighted by atomic mass is 10.1. The second-order valence-corrected chi connectivity index (χ2v) is 5.73. The standard InChI is InChI=1S/C16H24N2O2/c1-19-15-4-2-3-14(11-18-9-7-17-8-10-18)16(15)20-12-13-5-6-13/h2-4,13,17H,5-12H2,1H3. The van der Waals surface area contributed by atoms with Crippen LogP contribution in [-0.4, -0.2) is 44.8 Å². The summed E-state index contributed by atoms with van der Waals surface area (Å²) in [6.07, 6.45) is 2.62. The van der Waals surface area contributed by atoms with E-state index in [-0.39, 0.29) is 0 Å². The molecule has 1 saturated carbocycles. The minimum atomic E-state index is 0.756. The van der Waals surface area contributed by atoms with E-state index in [9.17, 15) is 0 Å². The Labute approximate surface area is 121 Å². The fraction of sp³-hybridized carbons (Fsp3) is 0.625. The molecule has 0 amide bonds. The summed E-state index contributed by atoms with van der Waals surface area (Å²) in [7, 11) is 1.72. The number of ether oxygens (including phenoxy) is 2. The smallest absolute Gasteiger partial charge is 0.165 e. The molecule has 1 aromatic rings. The summed E-state index contributed by atoms with van der Waals surface area (Å²) in [4.78, 5) is 2.47. The van der Waals surface area contributed by atoms with Crippen molar-refractivity contribution in [3.05, 3.63) is 23.8 Å². The minimum Gasteiger partial charge on any atom is -0.493 e. The fourth-order valence-electron chi connectivity index (χ4n) is 2.61. The highest BCUT2D eigenvalue weighted by Crippen LogP contribution is 2.35. The van der Waals surface area contributed by atoms with Gasteiger partial charge in [0.2, 0.25) is 0 Å². The Morgan fingerprint density at radius 2 is 2.05 bits per heavy atom. The fourth-order valence-corrected chi connectivity index (χ4v) is 2.61. The number of benzene rings is 1. The molecule has 1 aromatic carbocycles. The van der Waals surface area contributed by atoms with Crippen LogP contribution in [0.1, 0.15) is 18.4 Å². The number of rotatable bonds is 6. The molecule has 110 valence electrons. The zero-order valence-corrected chi connectivity index (χ0v) is 12.2. The molecule has 1 N–H and O–H groups in total. The molecule has 1 aliphatic heterocycles. The van der Waals surface area contributed by atoms with E-state index in [1.807, 2.05) is 6.07 Å².